The number of hydrogen-bond donors (Lipinski definition) is 3. The third kappa shape index (κ3) is 6.56. The lowest BCUT2D eigenvalue weighted by Crippen LogP contribution is -2.39. The average Bonchev–Trinajstić information content (AvgIpc) is 3.24. The molecule has 0 spiro atoms. The third-order valence-electron chi connectivity index (χ3n) is 5.28. The highest BCUT2D eigenvalue weighted by Gasteiger charge is 2.11. The van der Waals surface area contributed by atoms with Crippen molar-refractivity contribution in [1.82, 2.24) is 20.3 Å². The first-order chi connectivity index (χ1) is 17.4. The van der Waals surface area contributed by atoms with E-state index >= 15 is 0 Å². The van der Waals surface area contributed by atoms with E-state index in [1.54, 1.807) is 37.4 Å². The molecule has 0 radical (unpaired) electrons. The molecule has 2 heterocycles. The zero-order chi connectivity index (χ0) is 25.5. The second kappa shape index (κ2) is 11.3. The number of carbonyl (C=O) groups excluding carboxylic acids is 1. The fraction of sp³-hybridized carbons (Fsp3) is 0.231. The van der Waals surface area contributed by atoms with Gasteiger partial charge >= 0.3 is 0 Å². The van der Waals surface area contributed by atoms with Crippen molar-refractivity contribution in [2.45, 2.75) is 20.3 Å². The van der Waals surface area contributed by atoms with Gasteiger partial charge in [-0.3, -0.25) is 20.4 Å². The summed E-state index contributed by atoms with van der Waals surface area (Å²) in [6.07, 6.45) is 2.36. The molecule has 0 aliphatic rings. The van der Waals surface area contributed by atoms with E-state index in [1.165, 1.54) is 12.1 Å². The molecule has 0 unspecified atom stereocenters. The van der Waals surface area contributed by atoms with Crippen molar-refractivity contribution in [1.29, 1.82) is 0 Å². The van der Waals surface area contributed by atoms with E-state index in [0.717, 1.165) is 27.9 Å². The highest BCUT2D eigenvalue weighted by molar-refractivity contribution is 6.03. The van der Waals surface area contributed by atoms with Gasteiger partial charge in [-0.05, 0) is 74.4 Å². The number of amides is 1. The number of nitrogens with one attached hydrogen (secondary N) is 3. The maximum absolute atomic E-state index is 13.7. The van der Waals surface area contributed by atoms with Crippen LogP contribution in [0.15, 0.2) is 59.7 Å². The second-order valence-electron chi connectivity index (χ2n) is 8.10. The number of nitrogens with zero attached hydrogens (tertiary/aromatic N) is 3. The molecular weight excluding hydrogens is 463 g/mol. The van der Waals surface area contributed by atoms with Gasteiger partial charge in [0.2, 0.25) is 11.9 Å². The standard InChI is InChI=1S/C26H27FN6O3/c1-16-12-17(2)31-26(30-16)33-25(32-24(34)15-36-21-7-5-20(35-3)6-8-21)28-11-10-18-14-29-23-9-4-19(27)13-22(18)23/h4-9,12-14,29H,10-11,15H2,1-3H3,(H2,28,30,31,32,33,34). The second-order valence-corrected chi connectivity index (χ2v) is 8.10. The largest absolute Gasteiger partial charge is 0.497 e. The smallest absolute Gasteiger partial charge is 0.264 e. The van der Waals surface area contributed by atoms with Crippen molar-refractivity contribution in [2.24, 2.45) is 4.99 Å². The van der Waals surface area contributed by atoms with Crippen LogP contribution in [0, 0.1) is 19.7 Å². The summed E-state index contributed by atoms with van der Waals surface area (Å²) in [7, 11) is 1.58. The predicted molar refractivity (Wildman–Crippen MR) is 136 cm³/mol. The van der Waals surface area contributed by atoms with Gasteiger partial charge in [0, 0.05) is 35.0 Å². The Morgan fingerprint density at radius 1 is 1.06 bits per heavy atom. The Balaban J connectivity index is 1.45. The number of aliphatic imine (C=N–C) groups is 1. The maximum Gasteiger partial charge on any atom is 0.264 e. The molecule has 0 saturated heterocycles. The van der Waals surface area contributed by atoms with Crippen LogP contribution in [0.25, 0.3) is 10.9 Å². The van der Waals surface area contributed by atoms with E-state index in [2.05, 4.69) is 30.6 Å². The molecule has 0 aliphatic heterocycles. The van der Waals surface area contributed by atoms with Crippen molar-refractivity contribution in [3.63, 3.8) is 0 Å². The summed E-state index contributed by atoms with van der Waals surface area (Å²) in [4.78, 5) is 29.0. The molecule has 2 aromatic carbocycles. The molecule has 2 aromatic heterocycles. The Morgan fingerprint density at radius 2 is 1.78 bits per heavy atom. The minimum Gasteiger partial charge on any atom is -0.497 e. The number of rotatable bonds is 8. The van der Waals surface area contributed by atoms with Gasteiger partial charge in [-0.15, -0.1) is 0 Å². The van der Waals surface area contributed by atoms with Gasteiger partial charge in [0.1, 0.15) is 17.3 Å². The van der Waals surface area contributed by atoms with Crippen molar-refractivity contribution >= 4 is 28.7 Å². The Bertz CT molecular complexity index is 1360. The van der Waals surface area contributed by atoms with Gasteiger partial charge in [-0.25, -0.2) is 14.4 Å². The Labute approximate surface area is 207 Å². The monoisotopic (exact) mass is 490 g/mol. The van der Waals surface area contributed by atoms with Crippen molar-refractivity contribution in [2.75, 3.05) is 25.6 Å². The summed E-state index contributed by atoms with van der Waals surface area (Å²) in [5, 5.41) is 6.51. The third-order valence-corrected chi connectivity index (χ3v) is 5.28. The van der Waals surface area contributed by atoms with Gasteiger partial charge in [0.15, 0.2) is 6.61 Å². The minimum absolute atomic E-state index is 0.189. The van der Waals surface area contributed by atoms with Crippen molar-refractivity contribution in [3.8, 4) is 11.5 Å². The number of anilines is 1. The van der Waals surface area contributed by atoms with E-state index in [4.69, 9.17) is 9.47 Å². The summed E-state index contributed by atoms with van der Waals surface area (Å²) in [5.41, 5.74) is 3.32. The number of H-pyrrole nitrogens is 1. The van der Waals surface area contributed by atoms with Crippen LogP contribution in [0.2, 0.25) is 0 Å². The molecule has 0 bridgehead atoms. The molecule has 10 heteroatoms. The molecule has 4 rings (SSSR count). The topological polar surface area (TPSA) is 114 Å². The van der Waals surface area contributed by atoms with Crippen LogP contribution < -0.4 is 20.1 Å². The summed E-state index contributed by atoms with van der Waals surface area (Å²) < 4.78 is 24.4. The molecule has 9 nitrogen and oxygen atoms in total. The average molecular weight is 491 g/mol. The first-order valence-corrected chi connectivity index (χ1v) is 11.4. The van der Waals surface area contributed by atoms with E-state index in [1.807, 2.05) is 26.1 Å². The first-order valence-electron chi connectivity index (χ1n) is 11.4. The number of guanidine groups is 1. The van der Waals surface area contributed by atoms with Crippen LogP contribution in [0.3, 0.4) is 0 Å². The molecule has 4 aromatic rings. The number of fused-ring (bicyclic) bond motifs is 1. The molecule has 0 saturated carbocycles. The molecule has 0 aliphatic carbocycles. The molecular formula is C26H27FN6O3. The van der Waals surface area contributed by atoms with Crippen molar-refractivity contribution in [3.05, 3.63) is 77.5 Å². The summed E-state index contributed by atoms with van der Waals surface area (Å²) in [6, 6.07) is 13.4. The Morgan fingerprint density at radius 3 is 2.50 bits per heavy atom. The molecule has 3 N–H and O–H groups in total. The van der Waals surface area contributed by atoms with E-state index < -0.39 is 5.91 Å². The fourth-order valence-corrected chi connectivity index (χ4v) is 3.63. The van der Waals surface area contributed by atoms with E-state index in [0.29, 0.717) is 30.4 Å². The van der Waals surface area contributed by atoms with Crippen LogP contribution in [0.5, 0.6) is 11.5 Å². The van der Waals surface area contributed by atoms with E-state index in [9.17, 15) is 9.18 Å². The number of aromatic nitrogens is 3. The summed E-state index contributed by atoms with van der Waals surface area (Å²) in [5.74, 6) is 1.02. The maximum atomic E-state index is 13.7. The highest BCUT2D eigenvalue weighted by atomic mass is 19.1. The Hall–Kier alpha value is -4.47. The Kier molecular flexibility index (Phi) is 7.74. The fourth-order valence-electron chi connectivity index (χ4n) is 3.63. The molecule has 36 heavy (non-hydrogen) atoms. The predicted octanol–water partition coefficient (Wildman–Crippen LogP) is 3.93. The number of aromatic amines is 1. The van der Waals surface area contributed by atoms with Gasteiger partial charge in [0.25, 0.3) is 5.91 Å². The number of aryl methyl sites for hydroxylation is 2. The van der Waals surface area contributed by atoms with E-state index in [-0.39, 0.29) is 18.4 Å². The zero-order valence-electron chi connectivity index (χ0n) is 20.3. The number of ether oxygens (including phenoxy) is 2. The number of methoxy groups -OCH3 is 1. The highest BCUT2D eigenvalue weighted by Crippen LogP contribution is 2.20. The van der Waals surface area contributed by atoms with Crippen LogP contribution in [0.1, 0.15) is 17.0 Å². The number of benzene rings is 2. The lowest BCUT2D eigenvalue weighted by Gasteiger charge is -2.12. The van der Waals surface area contributed by atoms with Crippen molar-refractivity contribution < 1.29 is 18.7 Å². The van der Waals surface area contributed by atoms with Crippen LogP contribution in [-0.2, 0) is 11.2 Å². The number of halogens is 1. The van der Waals surface area contributed by atoms with Gasteiger partial charge in [0.05, 0.1) is 7.11 Å². The molecule has 1 amide bonds. The summed E-state index contributed by atoms with van der Waals surface area (Å²) in [6.45, 7) is 3.82. The molecule has 0 fully saturated rings. The van der Waals surface area contributed by atoms with Gasteiger partial charge in [-0.1, -0.05) is 0 Å². The first kappa shape index (κ1) is 24.6. The number of carbonyl (C=O) groups is 1. The summed E-state index contributed by atoms with van der Waals surface area (Å²) >= 11 is 0. The minimum atomic E-state index is -0.407. The quantitative estimate of drug-likeness (QED) is 0.255. The molecule has 0 atom stereocenters. The lowest BCUT2D eigenvalue weighted by molar-refractivity contribution is -0.121. The van der Waals surface area contributed by atoms with Gasteiger partial charge < -0.3 is 14.5 Å². The van der Waals surface area contributed by atoms with Crippen LogP contribution >= 0.6 is 0 Å². The van der Waals surface area contributed by atoms with Crippen LogP contribution in [-0.4, -0.2) is 47.1 Å². The lowest BCUT2D eigenvalue weighted by atomic mass is 10.1. The number of hydrogen-bond acceptors (Lipinski definition) is 6. The normalized spacial score (nSPS) is 11.4. The molecule has 186 valence electrons. The SMILES string of the molecule is COc1ccc(OCC(=O)NC(=NCCc2c[nH]c3ccc(F)cc23)Nc2nc(C)cc(C)n2)cc1. The zero-order valence-corrected chi connectivity index (χ0v) is 20.3. The van der Waals surface area contributed by atoms with Crippen LogP contribution in [0.4, 0.5) is 10.3 Å². The van der Waals surface area contributed by atoms with Gasteiger partial charge in [-0.2, -0.15) is 0 Å².